The third-order valence-electron chi connectivity index (χ3n) is 4.48. The van der Waals surface area contributed by atoms with Gasteiger partial charge >= 0.3 is 0 Å². The van der Waals surface area contributed by atoms with Gasteiger partial charge in [0.15, 0.2) is 5.82 Å². The fraction of sp³-hybridized carbons (Fsp3) is 0.857. The Labute approximate surface area is 109 Å². The van der Waals surface area contributed by atoms with Gasteiger partial charge in [0.25, 0.3) is 0 Å². The number of nitrogens with zero attached hydrogens (tertiary/aromatic N) is 4. The molecule has 0 N–H and O–H groups in total. The van der Waals surface area contributed by atoms with Crippen LogP contribution in [0.2, 0.25) is 0 Å². The maximum Gasteiger partial charge on any atom is 0.155 e. The van der Waals surface area contributed by atoms with Gasteiger partial charge in [0.1, 0.15) is 5.82 Å². The van der Waals surface area contributed by atoms with Crippen molar-refractivity contribution in [2.45, 2.75) is 64.5 Å². The summed E-state index contributed by atoms with van der Waals surface area (Å²) in [4.78, 5) is 7.37. The van der Waals surface area contributed by atoms with Gasteiger partial charge in [-0.3, -0.25) is 0 Å². The molecule has 3 rings (SSSR count). The second-order valence-electron chi connectivity index (χ2n) is 6.17. The van der Waals surface area contributed by atoms with Crippen LogP contribution in [0.25, 0.3) is 0 Å². The highest BCUT2D eigenvalue weighted by molar-refractivity contribution is 5.07. The normalized spacial score (nSPS) is 28.9. The van der Waals surface area contributed by atoms with Crippen molar-refractivity contribution in [3.8, 4) is 0 Å². The van der Waals surface area contributed by atoms with Crippen molar-refractivity contribution in [1.82, 2.24) is 19.7 Å². The van der Waals surface area contributed by atoms with Crippen molar-refractivity contribution in [2.24, 2.45) is 0 Å². The van der Waals surface area contributed by atoms with Crippen LogP contribution < -0.4 is 0 Å². The second kappa shape index (κ2) is 4.65. The lowest BCUT2D eigenvalue weighted by molar-refractivity contribution is 0.272. The summed E-state index contributed by atoms with van der Waals surface area (Å²) in [6, 6.07) is 0.645. The van der Waals surface area contributed by atoms with Gasteiger partial charge in [0.2, 0.25) is 0 Å². The first-order chi connectivity index (χ1) is 8.65. The Hall–Kier alpha value is -0.900. The van der Waals surface area contributed by atoms with Gasteiger partial charge < -0.3 is 4.90 Å². The average Bonchev–Trinajstić information content (AvgIpc) is 2.95. The van der Waals surface area contributed by atoms with Crippen molar-refractivity contribution >= 4 is 0 Å². The molecule has 0 saturated carbocycles. The Balaban J connectivity index is 1.78. The molecule has 1 aromatic rings. The fourth-order valence-corrected chi connectivity index (χ4v) is 3.22. The molecule has 1 fully saturated rings. The lowest BCUT2D eigenvalue weighted by Gasteiger charge is -2.19. The van der Waals surface area contributed by atoms with Crippen molar-refractivity contribution in [3.05, 3.63) is 11.6 Å². The van der Waals surface area contributed by atoms with Crippen molar-refractivity contribution < 1.29 is 0 Å². The summed E-state index contributed by atoms with van der Waals surface area (Å²) in [5.74, 6) is 3.46. The molecule has 100 valence electrons. The fourth-order valence-electron chi connectivity index (χ4n) is 3.22. The molecule has 0 aliphatic carbocycles. The summed E-state index contributed by atoms with van der Waals surface area (Å²) in [7, 11) is 0. The highest BCUT2D eigenvalue weighted by atomic mass is 15.4. The molecule has 0 spiro atoms. The van der Waals surface area contributed by atoms with E-state index >= 15 is 0 Å². The Morgan fingerprint density at radius 2 is 2.06 bits per heavy atom. The van der Waals surface area contributed by atoms with E-state index in [2.05, 4.69) is 30.4 Å². The molecule has 3 heterocycles. The van der Waals surface area contributed by atoms with E-state index in [1.165, 1.54) is 31.6 Å². The molecule has 0 bridgehead atoms. The highest BCUT2D eigenvalue weighted by Crippen LogP contribution is 2.30. The Morgan fingerprint density at radius 3 is 2.72 bits per heavy atom. The molecule has 4 nitrogen and oxygen atoms in total. The average molecular weight is 248 g/mol. The summed E-state index contributed by atoms with van der Waals surface area (Å²) in [6.45, 7) is 10.2. The maximum atomic E-state index is 4.83. The molecule has 0 radical (unpaired) electrons. The van der Waals surface area contributed by atoms with Crippen LogP contribution in [0.1, 0.15) is 63.5 Å². The van der Waals surface area contributed by atoms with Crippen LogP contribution in [-0.2, 0) is 6.54 Å². The zero-order chi connectivity index (χ0) is 12.7. The molecular weight excluding hydrogens is 224 g/mol. The minimum atomic E-state index is 0.553. The topological polar surface area (TPSA) is 34.0 Å². The first-order valence-corrected chi connectivity index (χ1v) is 7.34. The molecule has 18 heavy (non-hydrogen) atoms. The zero-order valence-corrected chi connectivity index (χ0v) is 11.8. The molecule has 2 atom stereocenters. The Bertz CT molecular complexity index is 423. The van der Waals surface area contributed by atoms with Gasteiger partial charge in [-0.25, -0.2) is 9.67 Å². The van der Waals surface area contributed by atoms with Crippen molar-refractivity contribution in [2.75, 3.05) is 13.1 Å². The van der Waals surface area contributed by atoms with Crippen LogP contribution in [0, 0.1) is 0 Å². The molecule has 4 heteroatoms. The van der Waals surface area contributed by atoms with Crippen LogP contribution in [-0.4, -0.2) is 38.8 Å². The van der Waals surface area contributed by atoms with E-state index in [1.54, 1.807) is 0 Å². The molecule has 2 aliphatic rings. The second-order valence-corrected chi connectivity index (χ2v) is 6.17. The molecular formula is C14H24N4. The third kappa shape index (κ3) is 2.07. The summed E-state index contributed by atoms with van der Waals surface area (Å²) < 4.78 is 2.15. The first-order valence-electron chi connectivity index (χ1n) is 7.34. The minimum Gasteiger partial charge on any atom is -0.300 e. The van der Waals surface area contributed by atoms with Gasteiger partial charge in [-0.05, 0) is 39.7 Å². The third-order valence-corrected chi connectivity index (χ3v) is 4.48. The van der Waals surface area contributed by atoms with Crippen LogP contribution in [0.4, 0.5) is 0 Å². The highest BCUT2D eigenvalue weighted by Gasteiger charge is 2.30. The quantitative estimate of drug-likeness (QED) is 0.806. The van der Waals surface area contributed by atoms with E-state index in [9.17, 15) is 0 Å². The largest absolute Gasteiger partial charge is 0.300 e. The van der Waals surface area contributed by atoms with Crippen LogP contribution in [0.15, 0.2) is 0 Å². The molecule has 1 aromatic heterocycles. The van der Waals surface area contributed by atoms with Crippen molar-refractivity contribution in [3.63, 3.8) is 0 Å². The standard InChI is InChI=1S/C14H24N4/c1-10(2)17-8-6-12(9-17)13-15-14-11(3)5-4-7-18(14)16-13/h10-12H,4-9H2,1-3H3. The number of fused-ring (bicyclic) bond motifs is 1. The maximum absolute atomic E-state index is 4.83. The number of hydrogen-bond acceptors (Lipinski definition) is 3. The van der Waals surface area contributed by atoms with E-state index in [0.29, 0.717) is 17.9 Å². The van der Waals surface area contributed by atoms with E-state index in [4.69, 9.17) is 10.1 Å². The molecule has 1 saturated heterocycles. The molecule has 0 amide bonds. The summed E-state index contributed by atoms with van der Waals surface area (Å²) in [6.07, 6.45) is 3.73. The van der Waals surface area contributed by atoms with E-state index < -0.39 is 0 Å². The number of rotatable bonds is 2. The minimum absolute atomic E-state index is 0.553. The Morgan fingerprint density at radius 1 is 1.22 bits per heavy atom. The van der Waals surface area contributed by atoms with Crippen molar-refractivity contribution in [1.29, 1.82) is 0 Å². The SMILES string of the molecule is CC1CCCn2nc(C3CCN(C(C)C)C3)nc21. The molecule has 0 aromatic carbocycles. The van der Waals surface area contributed by atoms with Crippen LogP contribution >= 0.6 is 0 Å². The lowest BCUT2D eigenvalue weighted by atomic mass is 10.0. The predicted octanol–water partition coefficient (Wildman–Crippen LogP) is 2.37. The van der Waals surface area contributed by atoms with E-state index in [1.807, 2.05) is 0 Å². The van der Waals surface area contributed by atoms with Gasteiger partial charge in [0, 0.05) is 31.0 Å². The van der Waals surface area contributed by atoms with Gasteiger partial charge in [0.05, 0.1) is 0 Å². The number of hydrogen-bond donors (Lipinski definition) is 0. The summed E-state index contributed by atoms with van der Waals surface area (Å²) in [5.41, 5.74) is 0. The van der Waals surface area contributed by atoms with E-state index in [-0.39, 0.29) is 0 Å². The number of aromatic nitrogens is 3. The van der Waals surface area contributed by atoms with Gasteiger partial charge in [-0.1, -0.05) is 6.92 Å². The molecule has 2 aliphatic heterocycles. The smallest absolute Gasteiger partial charge is 0.155 e. The Kier molecular flexibility index (Phi) is 3.14. The summed E-state index contributed by atoms with van der Waals surface area (Å²) in [5, 5.41) is 4.76. The first kappa shape index (κ1) is 12.2. The van der Waals surface area contributed by atoms with E-state index in [0.717, 1.165) is 18.9 Å². The lowest BCUT2D eigenvalue weighted by Crippen LogP contribution is -2.28. The monoisotopic (exact) mass is 248 g/mol. The van der Waals surface area contributed by atoms with Gasteiger partial charge in [-0.15, -0.1) is 0 Å². The molecule has 2 unspecified atom stereocenters. The van der Waals surface area contributed by atoms with Gasteiger partial charge in [-0.2, -0.15) is 5.10 Å². The number of aryl methyl sites for hydroxylation is 1. The van der Waals surface area contributed by atoms with Crippen LogP contribution in [0.3, 0.4) is 0 Å². The number of likely N-dealkylation sites (tertiary alicyclic amines) is 1. The van der Waals surface area contributed by atoms with Crippen LogP contribution in [0.5, 0.6) is 0 Å². The zero-order valence-electron chi connectivity index (χ0n) is 11.8. The summed E-state index contributed by atoms with van der Waals surface area (Å²) >= 11 is 0. The predicted molar refractivity (Wildman–Crippen MR) is 71.7 cm³/mol.